The standard InChI is InChI=1S/C8H9NO/c10-7-2-1-4-8-5-3-6-9-8/h3,5-6,9-10H,2,7H2. The van der Waals surface area contributed by atoms with Crippen molar-refractivity contribution in [3.63, 3.8) is 0 Å². The third-order valence-corrected chi connectivity index (χ3v) is 1.06. The Morgan fingerprint density at radius 2 is 2.50 bits per heavy atom. The molecule has 0 aliphatic heterocycles. The first-order valence-electron chi connectivity index (χ1n) is 3.16. The molecule has 0 atom stereocenters. The van der Waals surface area contributed by atoms with Crippen molar-refractivity contribution in [3.05, 3.63) is 24.0 Å². The lowest BCUT2D eigenvalue weighted by atomic mass is 10.4. The van der Waals surface area contributed by atoms with Gasteiger partial charge < -0.3 is 10.1 Å². The highest BCUT2D eigenvalue weighted by molar-refractivity contribution is 5.26. The molecule has 0 saturated carbocycles. The lowest BCUT2D eigenvalue weighted by molar-refractivity contribution is 0.305. The Morgan fingerprint density at radius 1 is 1.60 bits per heavy atom. The van der Waals surface area contributed by atoms with Crippen LogP contribution in [0.3, 0.4) is 0 Å². The Labute approximate surface area is 59.9 Å². The average Bonchev–Trinajstić information content (AvgIpc) is 2.41. The maximum absolute atomic E-state index is 8.38. The van der Waals surface area contributed by atoms with E-state index in [0.29, 0.717) is 6.42 Å². The summed E-state index contributed by atoms with van der Waals surface area (Å²) in [7, 11) is 0. The first-order valence-corrected chi connectivity index (χ1v) is 3.16. The van der Waals surface area contributed by atoms with Crippen molar-refractivity contribution >= 4 is 0 Å². The minimum Gasteiger partial charge on any atom is -0.395 e. The van der Waals surface area contributed by atoms with E-state index in [1.165, 1.54) is 0 Å². The number of aromatic nitrogens is 1. The second-order valence-corrected chi connectivity index (χ2v) is 1.86. The maximum Gasteiger partial charge on any atom is 0.0893 e. The second-order valence-electron chi connectivity index (χ2n) is 1.86. The molecule has 2 nitrogen and oxygen atoms in total. The predicted molar refractivity (Wildman–Crippen MR) is 39.4 cm³/mol. The van der Waals surface area contributed by atoms with Crippen LogP contribution in [0.25, 0.3) is 0 Å². The molecule has 52 valence electrons. The van der Waals surface area contributed by atoms with Crippen molar-refractivity contribution in [1.82, 2.24) is 4.98 Å². The van der Waals surface area contributed by atoms with Crippen LogP contribution in [0.1, 0.15) is 12.1 Å². The molecule has 2 heteroatoms. The van der Waals surface area contributed by atoms with Crippen molar-refractivity contribution < 1.29 is 5.11 Å². The van der Waals surface area contributed by atoms with Crippen molar-refractivity contribution in [2.75, 3.05) is 6.61 Å². The Kier molecular flexibility index (Phi) is 2.60. The highest BCUT2D eigenvalue weighted by Gasteiger charge is 1.80. The molecule has 0 spiro atoms. The Balaban J connectivity index is 2.49. The van der Waals surface area contributed by atoms with Crippen LogP contribution in [0.5, 0.6) is 0 Å². The van der Waals surface area contributed by atoms with Gasteiger partial charge in [0.1, 0.15) is 0 Å². The molecule has 2 N–H and O–H groups in total. The van der Waals surface area contributed by atoms with Gasteiger partial charge in [-0.05, 0) is 18.1 Å². The van der Waals surface area contributed by atoms with Crippen molar-refractivity contribution in [1.29, 1.82) is 0 Å². The van der Waals surface area contributed by atoms with Gasteiger partial charge in [-0.2, -0.15) is 0 Å². The van der Waals surface area contributed by atoms with Crippen molar-refractivity contribution in [2.24, 2.45) is 0 Å². The molecule has 0 bridgehead atoms. The number of aliphatic hydroxyl groups excluding tert-OH is 1. The number of nitrogens with one attached hydrogen (secondary N) is 1. The topological polar surface area (TPSA) is 36.0 Å². The largest absolute Gasteiger partial charge is 0.395 e. The summed E-state index contributed by atoms with van der Waals surface area (Å²) in [5.74, 6) is 5.67. The Bertz CT molecular complexity index is 228. The molecule has 0 fully saturated rings. The summed E-state index contributed by atoms with van der Waals surface area (Å²) < 4.78 is 0. The number of H-pyrrole nitrogens is 1. The fraction of sp³-hybridized carbons (Fsp3) is 0.250. The molecule has 0 amide bonds. The van der Waals surface area contributed by atoms with E-state index in [-0.39, 0.29) is 6.61 Å². The van der Waals surface area contributed by atoms with Gasteiger partial charge in [0.05, 0.1) is 12.3 Å². The van der Waals surface area contributed by atoms with Crippen LogP contribution in [-0.4, -0.2) is 16.7 Å². The minimum absolute atomic E-state index is 0.133. The minimum atomic E-state index is 0.133. The summed E-state index contributed by atoms with van der Waals surface area (Å²) in [5, 5.41) is 8.38. The fourth-order valence-corrected chi connectivity index (χ4v) is 0.622. The van der Waals surface area contributed by atoms with Crippen molar-refractivity contribution in [2.45, 2.75) is 6.42 Å². The zero-order chi connectivity index (χ0) is 7.23. The number of rotatable bonds is 1. The first-order chi connectivity index (χ1) is 4.93. The van der Waals surface area contributed by atoms with Crippen LogP contribution in [-0.2, 0) is 0 Å². The summed E-state index contributed by atoms with van der Waals surface area (Å²) >= 11 is 0. The zero-order valence-electron chi connectivity index (χ0n) is 5.59. The molecule has 0 aromatic carbocycles. The Hall–Kier alpha value is -1.20. The van der Waals surface area contributed by atoms with Gasteiger partial charge in [-0.25, -0.2) is 0 Å². The summed E-state index contributed by atoms with van der Waals surface area (Å²) in [6.45, 7) is 0.133. The monoisotopic (exact) mass is 135 g/mol. The van der Waals surface area contributed by atoms with Crippen LogP contribution in [0.2, 0.25) is 0 Å². The highest BCUT2D eigenvalue weighted by atomic mass is 16.2. The summed E-state index contributed by atoms with van der Waals surface area (Å²) in [6, 6.07) is 3.79. The van der Waals surface area contributed by atoms with E-state index in [4.69, 9.17) is 5.11 Å². The van der Waals surface area contributed by atoms with E-state index in [9.17, 15) is 0 Å². The van der Waals surface area contributed by atoms with Gasteiger partial charge in [-0.3, -0.25) is 0 Å². The average molecular weight is 135 g/mol. The number of hydrogen-bond donors (Lipinski definition) is 2. The van der Waals surface area contributed by atoms with E-state index in [0.717, 1.165) is 5.69 Å². The van der Waals surface area contributed by atoms with Gasteiger partial charge in [-0.15, -0.1) is 0 Å². The molecule has 1 aromatic rings. The first kappa shape index (κ1) is 6.91. The maximum atomic E-state index is 8.38. The Morgan fingerprint density at radius 3 is 3.10 bits per heavy atom. The number of aromatic amines is 1. The lowest BCUT2D eigenvalue weighted by Crippen LogP contribution is -1.76. The van der Waals surface area contributed by atoms with Crippen molar-refractivity contribution in [3.8, 4) is 11.8 Å². The van der Waals surface area contributed by atoms with Crippen LogP contribution < -0.4 is 0 Å². The summed E-state index contributed by atoms with van der Waals surface area (Å²) in [5.41, 5.74) is 0.897. The second kappa shape index (κ2) is 3.76. The molecular formula is C8H9NO. The van der Waals surface area contributed by atoms with Gasteiger partial charge in [0, 0.05) is 12.6 Å². The molecule has 0 saturated heterocycles. The van der Waals surface area contributed by atoms with Gasteiger partial charge >= 0.3 is 0 Å². The van der Waals surface area contributed by atoms with E-state index < -0.39 is 0 Å². The van der Waals surface area contributed by atoms with Gasteiger partial charge in [0.2, 0.25) is 0 Å². The molecule has 1 heterocycles. The molecular weight excluding hydrogens is 126 g/mol. The molecule has 0 unspecified atom stereocenters. The molecule has 1 rings (SSSR count). The quantitative estimate of drug-likeness (QED) is 0.548. The smallest absolute Gasteiger partial charge is 0.0893 e. The van der Waals surface area contributed by atoms with E-state index in [2.05, 4.69) is 16.8 Å². The lowest BCUT2D eigenvalue weighted by Gasteiger charge is -1.78. The molecule has 1 aromatic heterocycles. The van der Waals surface area contributed by atoms with E-state index in [1.807, 2.05) is 18.3 Å². The zero-order valence-corrected chi connectivity index (χ0v) is 5.59. The summed E-state index contributed by atoms with van der Waals surface area (Å²) in [4.78, 5) is 2.94. The molecule has 0 radical (unpaired) electrons. The van der Waals surface area contributed by atoms with Gasteiger partial charge in [0.25, 0.3) is 0 Å². The third kappa shape index (κ3) is 1.96. The fourth-order valence-electron chi connectivity index (χ4n) is 0.622. The summed E-state index contributed by atoms with van der Waals surface area (Å²) in [6.07, 6.45) is 2.36. The van der Waals surface area contributed by atoms with Crippen LogP contribution in [0, 0.1) is 11.8 Å². The van der Waals surface area contributed by atoms with E-state index >= 15 is 0 Å². The highest BCUT2D eigenvalue weighted by Crippen LogP contribution is 1.89. The normalized spacial score (nSPS) is 8.50. The van der Waals surface area contributed by atoms with Crippen LogP contribution in [0.15, 0.2) is 18.3 Å². The molecule has 0 aliphatic carbocycles. The molecule has 0 aliphatic rings. The predicted octanol–water partition coefficient (Wildman–Crippen LogP) is 0.749. The van der Waals surface area contributed by atoms with Crippen LogP contribution in [0.4, 0.5) is 0 Å². The molecule has 10 heavy (non-hydrogen) atoms. The van der Waals surface area contributed by atoms with Gasteiger partial charge in [-0.1, -0.05) is 5.92 Å². The number of aliphatic hydroxyl groups is 1. The van der Waals surface area contributed by atoms with Crippen LogP contribution >= 0.6 is 0 Å². The number of hydrogen-bond acceptors (Lipinski definition) is 1. The van der Waals surface area contributed by atoms with E-state index in [1.54, 1.807) is 0 Å². The van der Waals surface area contributed by atoms with Gasteiger partial charge in [0.15, 0.2) is 0 Å². The SMILES string of the molecule is OCCC#Cc1ccc[nH]1. The third-order valence-electron chi connectivity index (χ3n) is 1.06.